The summed E-state index contributed by atoms with van der Waals surface area (Å²) < 4.78 is 4.94. The molecule has 66 valence electrons. The van der Waals surface area contributed by atoms with Crippen molar-refractivity contribution >= 4 is 0 Å². The van der Waals surface area contributed by atoms with E-state index in [4.69, 9.17) is 9.84 Å². The summed E-state index contributed by atoms with van der Waals surface area (Å²) in [6.07, 6.45) is 7.35. The first-order valence-corrected chi connectivity index (χ1v) is 4.15. The Morgan fingerprint density at radius 3 is 2.73 bits per heavy atom. The van der Waals surface area contributed by atoms with Gasteiger partial charge in [0.05, 0.1) is 12.7 Å². The molecule has 11 heavy (non-hydrogen) atoms. The Bertz CT molecular complexity index is 95.7. The number of aliphatic hydroxyl groups is 1. The van der Waals surface area contributed by atoms with Crippen LogP contribution in [0.1, 0.15) is 26.2 Å². The van der Waals surface area contributed by atoms with Crippen molar-refractivity contribution < 1.29 is 9.84 Å². The maximum atomic E-state index is 8.71. The third-order valence-electron chi connectivity index (χ3n) is 1.56. The Morgan fingerprint density at radius 2 is 2.27 bits per heavy atom. The predicted molar refractivity (Wildman–Crippen MR) is 46.5 cm³/mol. The van der Waals surface area contributed by atoms with Gasteiger partial charge in [-0.3, -0.25) is 0 Å². The van der Waals surface area contributed by atoms with Crippen LogP contribution in [0, 0.1) is 0 Å². The van der Waals surface area contributed by atoms with Crippen molar-refractivity contribution in [1.82, 2.24) is 0 Å². The van der Waals surface area contributed by atoms with Gasteiger partial charge in [-0.25, -0.2) is 0 Å². The van der Waals surface area contributed by atoms with Gasteiger partial charge in [0.1, 0.15) is 0 Å². The second kappa shape index (κ2) is 7.76. The summed E-state index contributed by atoms with van der Waals surface area (Å²) in [5.41, 5.74) is 0. The summed E-state index contributed by atoms with van der Waals surface area (Å²) in [5.74, 6) is 0. The van der Waals surface area contributed by atoms with Crippen LogP contribution in [0.5, 0.6) is 0 Å². The molecule has 0 radical (unpaired) electrons. The van der Waals surface area contributed by atoms with Crippen molar-refractivity contribution in [3.63, 3.8) is 0 Å². The highest BCUT2D eigenvalue weighted by molar-refractivity contribution is 4.88. The number of aliphatic hydroxyl groups excluding tert-OH is 1. The Kier molecular flexibility index (Phi) is 7.52. The van der Waals surface area contributed by atoms with Gasteiger partial charge >= 0.3 is 0 Å². The standard InChI is InChI=1S/C9H18O2/c1-3-4-5-6-7-9(8-10)11-2/h6-7,9-10H,3-5,8H2,1-2H3. The monoisotopic (exact) mass is 158 g/mol. The Hall–Kier alpha value is -0.340. The average Bonchev–Trinajstić information content (AvgIpc) is 2.05. The fourth-order valence-electron chi connectivity index (χ4n) is 0.784. The third kappa shape index (κ3) is 6.07. The minimum absolute atomic E-state index is 0.0686. The normalized spacial score (nSPS) is 14.1. The molecule has 2 nitrogen and oxygen atoms in total. The highest BCUT2D eigenvalue weighted by atomic mass is 16.5. The molecule has 0 aromatic heterocycles. The zero-order chi connectivity index (χ0) is 8.53. The first kappa shape index (κ1) is 10.7. The first-order valence-electron chi connectivity index (χ1n) is 4.15. The molecule has 1 atom stereocenters. The topological polar surface area (TPSA) is 29.5 Å². The lowest BCUT2D eigenvalue weighted by molar-refractivity contribution is 0.0818. The van der Waals surface area contributed by atoms with Crippen LogP contribution in [0.15, 0.2) is 12.2 Å². The summed E-state index contributed by atoms with van der Waals surface area (Å²) in [6, 6.07) is 0. The largest absolute Gasteiger partial charge is 0.393 e. The van der Waals surface area contributed by atoms with Gasteiger partial charge in [-0.05, 0) is 6.42 Å². The van der Waals surface area contributed by atoms with Gasteiger partial charge in [0.15, 0.2) is 0 Å². The lowest BCUT2D eigenvalue weighted by Gasteiger charge is -2.04. The molecule has 0 saturated heterocycles. The van der Waals surface area contributed by atoms with Crippen molar-refractivity contribution in [2.75, 3.05) is 13.7 Å². The molecule has 1 unspecified atom stereocenters. The van der Waals surface area contributed by atoms with Crippen molar-refractivity contribution in [1.29, 1.82) is 0 Å². The lowest BCUT2D eigenvalue weighted by atomic mass is 10.2. The van der Waals surface area contributed by atoms with Crippen LogP contribution >= 0.6 is 0 Å². The maximum absolute atomic E-state index is 8.71. The molecule has 2 heteroatoms. The highest BCUT2D eigenvalue weighted by Crippen LogP contribution is 1.97. The average molecular weight is 158 g/mol. The van der Waals surface area contributed by atoms with E-state index in [9.17, 15) is 0 Å². The van der Waals surface area contributed by atoms with E-state index in [1.807, 2.05) is 6.08 Å². The van der Waals surface area contributed by atoms with Crippen LogP contribution in [0.4, 0.5) is 0 Å². The molecule has 0 heterocycles. The van der Waals surface area contributed by atoms with Crippen molar-refractivity contribution in [3.8, 4) is 0 Å². The second-order valence-corrected chi connectivity index (χ2v) is 2.53. The fourth-order valence-corrected chi connectivity index (χ4v) is 0.784. The molecule has 0 aliphatic rings. The van der Waals surface area contributed by atoms with Gasteiger partial charge in [0.2, 0.25) is 0 Å². The molecule has 1 N–H and O–H groups in total. The zero-order valence-electron chi connectivity index (χ0n) is 7.42. The Labute approximate surface area is 68.9 Å². The number of allylic oxidation sites excluding steroid dienone is 1. The molecule has 0 amide bonds. The van der Waals surface area contributed by atoms with Gasteiger partial charge in [-0.2, -0.15) is 0 Å². The summed E-state index contributed by atoms with van der Waals surface area (Å²) in [7, 11) is 1.60. The SMILES string of the molecule is CCCCC=CC(CO)OC. The van der Waals surface area contributed by atoms with Gasteiger partial charge < -0.3 is 9.84 Å². The smallest absolute Gasteiger partial charge is 0.0982 e. The quantitative estimate of drug-likeness (QED) is 0.471. The predicted octanol–water partition coefficient (Wildman–Crippen LogP) is 1.74. The van der Waals surface area contributed by atoms with E-state index in [0.29, 0.717) is 0 Å². The van der Waals surface area contributed by atoms with Gasteiger partial charge in [0, 0.05) is 7.11 Å². The molecule has 0 fully saturated rings. The van der Waals surface area contributed by atoms with Crippen LogP contribution in [-0.2, 0) is 4.74 Å². The van der Waals surface area contributed by atoms with E-state index in [-0.39, 0.29) is 12.7 Å². The number of methoxy groups -OCH3 is 1. The van der Waals surface area contributed by atoms with Gasteiger partial charge in [0.25, 0.3) is 0 Å². The van der Waals surface area contributed by atoms with E-state index in [2.05, 4.69) is 13.0 Å². The Balaban J connectivity index is 3.36. The van der Waals surface area contributed by atoms with Crippen LogP contribution in [0.25, 0.3) is 0 Å². The molecular formula is C9H18O2. The molecule has 0 bridgehead atoms. The summed E-state index contributed by atoms with van der Waals surface area (Å²) in [6.45, 7) is 2.23. The third-order valence-corrected chi connectivity index (χ3v) is 1.56. The number of unbranched alkanes of at least 4 members (excludes halogenated alkanes) is 2. The zero-order valence-corrected chi connectivity index (χ0v) is 7.42. The first-order chi connectivity index (χ1) is 5.35. The van der Waals surface area contributed by atoms with Crippen LogP contribution < -0.4 is 0 Å². The molecular weight excluding hydrogens is 140 g/mol. The minimum Gasteiger partial charge on any atom is -0.393 e. The van der Waals surface area contributed by atoms with Crippen LogP contribution in [0.3, 0.4) is 0 Å². The Morgan fingerprint density at radius 1 is 1.55 bits per heavy atom. The second-order valence-electron chi connectivity index (χ2n) is 2.53. The van der Waals surface area contributed by atoms with Crippen molar-refractivity contribution in [3.05, 3.63) is 12.2 Å². The minimum atomic E-state index is -0.119. The number of hydrogen-bond donors (Lipinski definition) is 1. The van der Waals surface area contributed by atoms with Crippen molar-refractivity contribution in [2.45, 2.75) is 32.3 Å². The number of hydrogen-bond acceptors (Lipinski definition) is 2. The van der Waals surface area contributed by atoms with E-state index < -0.39 is 0 Å². The van der Waals surface area contributed by atoms with E-state index in [1.165, 1.54) is 12.8 Å². The molecule has 0 aromatic carbocycles. The maximum Gasteiger partial charge on any atom is 0.0982 e. The molecule has 0 spiro atoms. The van der Waals surface area contributed by atoms with Crippen LogP contribution in [0.2, 0.25) is 0 Å². The van der Waals surface area contributed by atoms with Gasteiger partial charge in [-0.15, -0.1) is 0 Å². The van der Waals surface area contributed by atoms with E-state index >= 15 is 0 Å². The molecule has 0 aliphatic heterocycles. The molecule has 0 aliphatic carbocycles. The summed E-state index contributed by atoms with van der Waals surface area (Å²) in [4.78, 5) is 0. The molecule has 0 aromatic rings. The summed E-state index contributed by atoms with van der Waals surface area (Å²) >= 11 is 0. The number of rotatable bonds is 6. The molecule has 0 saturated carbocycles. The highest BCUT2D eigenvalue weighted by Gasteiger charge is 1.96. The lowest BCUT2D eigenvalue weighted by Crippen LogP contribution is -2.11. The number of ether oxygens (including phenoxy) is 1. The van der Waals surface area contributed by atoms with E-state index in [1.54, 1.807) is 7.11 Å². The van der Waals surface area contributed by atoms with E-state index in [0.717, 1.165) is 6.42 Å². The fraction of sp³-hybridized carbons (Fsp3) is 0.778. The van der Waals surface area contributed by atoms with Crippen molar-refractivity contribution in [2.24, 2.45) is 0 Å². The van der Waals surface area contributed by atoms with Crippen LogP contribution in [-0.4, -0.2) is 24.9 Å². The molecule has 0 rings (SSSR count). The van der Waals surface area contributed by atoms with Gasteiger partial charge in [-0.1, -0.05) is 31.9 Å². The summed E-state index contributed by atoms with van der Waals surface area (Å²) in [5, 5.41) is 8.71.